The van der Waals surface area contributed by atoms with Crippen molar-refractivity contribution in [3.05, 3.63) is 59.9 Å². The zero-order valence-corrected chi connectivity index (χ0v) is 13.4. The maximum atomic E-state index is 13.0. The molecule has 1 atom stereocenters. The average molecular weight is 342 g/mol. The van der Waals surface area contributed by atoms with Gasteiger partial charge in [-0.1, -0.05) is 12.1 Å². The second kappa shape index (κ2) is 8.45. The Kier molecular flexibility index (Phi) is 6.07. The third-order valence-corrected chi connectivity index (χ3v) is 3.09. The number of carbonyl (C=O) groups excluding carboxylic acids is 2. The van der Waals surface area contributed by atoms with Gasteiger partial charge in [0.2, 0.25) is 0 Å². The number of ether oxygens (including phenoxy) is 2. The largest absolute Gasteiger partial charge is 0.482 e. The molecule has 128 valence electrons. The fourth-order valence-electron chi connectivity index (χ4n) is 1.89. The average Bonchev–Trinajstić information content (AvgIpc) is 2.60. The second-order valence-corrected chi connectivity index (χ2v) is 5.06. The highest BCUT2D eigenvalue weighted by molar-refractivity contribution is 5.95. The van der Waals surface area contributed by atoms with Gasteiger partial charge in [-0.2, -0.15) is 5.26 Å². The number of halogens is 1. The third kappa shape index (κ3) is 5.62. The number of hydrogen-bond donors (Lipinski definition) is 1. The Morgan fingerprint density at radius 2 is 2.00 bits per heavy atom. The molecule has 1 N–H and O–H groups in total. The Labute approximate surface area is 143 Å². The highest BCUT2D eigenvalue weighted by atomic mass is 19.1. The molecule has 0 aromatic heterocycles. The predicted octanol–water partition coefficient (Wildman–Crippen LogP) is 2.65. The van der Waals surface area contributed by atoms with Crippen LogP contribution in [0.3, 0.4) is 0 Å². The summed E-state index contributed by atoms with van der Waals surface area (Å²) in [7, 11) is 0. The summed E-state index contributed by atoms with van der Waals surface area (Å²) < 4.78 is 23.1. The van der Waals surface area contributed by atoms with Crippen LogP contribution in [0.4, 0.5) is 10.1 Å². The van der Waals surface area contributed by atoms with Crippen molar-refractivity contribution in [2.24, 2.45) is 0 Å². The fourth-order valence-corrected chi connectivity index (χ4v) is 1.89. The lowest BCUT2D eigenvalue weighted by Gasteiger charge is -2.14. The summed E-state index contributed by atoms with van der Waals surface area (Å²) in [6, 6.07) is 13.6. The van der Waals surface area contributed by atoms with Crippen LogP contribution in [0.25, 0.3) is 0 Å². The van der Waals surface area contributed by atoms with Crippen LogP contribution in [0.1, 0.15) is 12.5 Å². The first-order valence-corrected chi connectivity index (χ1v) is 7.37. The van der Waals surface area contributed by atoms with Crippen molar-refractivity contribution in [1.82, 2.24) is 0 Å². The number of carbonyl (C=O) groups is 2. The number of rotatable bonds is 6. The number of nitriles is 1. The number of nitrogens with one attached hydrogen (secondary N) is 1. The van der Waals surface area contributed by atoms with Crippen molar-refractivity contribution >= 4 is 17.6 Å². The number of esters is 1. The van der Waals surface area contributed by atoms with E-state index in [4.69, 9.17) is 14.7 Å². The predicted molar refractivity (Wildman–Crippen MR) is 87.2 cm³/mol. The minimum absolute atomic E-state index is 0.183. The molecule has 0 unspecified atom stereocenters. The van der Waals surface area contributed by atoms with Crippen LogP contribution in [0.5, 0.6) is 5.75 Å². The van der Waals surface area contributed by atoms with Crippen LogP contribution in [0.2, 0.25) is 0 Å². The van der Waals surface area contributed by atoms with Crippen molar-refractivity contribution in [3.8, 4) is 11.8 Å². The monoisotopic (exact) mass is 342 g/mol. The van der Waals surface area contributed by atoms with Crippen molar-refractivity contribution in [3.63, 3.8) is 0 Å². The Bertz CT molecular complexity index is 817. The van der Waals surface area contributed by atoms with Crippen LogP contribution in [0, 0.1) is 17.1 Å². The van der Waals surface area contributed by atoms with Crippen LogP contribution >= 0.6 is 0 Å². The van der Waals surface area contributed by atoms with Gasteiger partial charge in [0.1, 0.15) is 11.6 Å². The molecule has 0 aliphatic heterocycles. The molecule has 6 nitrogen and oxygen atoms in total. The lowest BCUT2D eigenvalue weighted by Crippen LogP contribution is -2.31. The Morgan fingerprint density at radius 3 is 2.72 bits per heavy atom. The van der Waals surface area contributed by atoms with Crippen LogP contribution in [0.15, 0.2) is 48.5 Å². The van der Waals surface area contributed by atoms with Crippen molar-refractivity contribution in [1.29, 1.82) is 5.26 Å². The summed E-state index contributed by atoms with van der Waals surface area (Å²) in [5, 5.41) is 11.4. The van der Waals surface area contributed by atoms with E-state index < -0.39 is 30.4 Å². The minimum atomic E-state index is -1.06. The van der Waals surface area contributed by atoms with Crippen LogP contribution < -0.4 is 10.1 Å². The molecule has 0 aliphatic carbocycles. The third-order valence-electron chi connectivity index (χ3n) is 3.09. The smallest absolute Gasteiger partial charge is 0.344 e. The van der Waals surface area contributed by atoms with E-state index in [1.165, 1.54) is 31.2 Å². The molecule has 0 heterocycles. The fraction of sp³-hybridized carbons (Fsp3) is 0.167. The van der Waals surface area contributed by atoms with E-state index in [0.717, 1.165) is 6.07 Å². The first-order chi connectivity index (χ1) is 12.0. The zero-order valence-electron chi connectivity index (χ0n) is 13.4. The molecular weight excluding hydrogens is 327 g/mol. The van der Waals surface area contributed by atoms with E-state index in [1.54, 1.807) is 18.2 Å². The van der Waals surface area contributed by atoms with E-state index in [-0.39, 0.29) is 5.75 Å². The topological polar surface area (TPSA) is 88.4 Å². The number of benzene rings is 2. The number of hydrogen-bond acceptors (Lipinski definition) is 5. The maximum absolute atomic E-state index is 13.0. The molecule has 25 heavy (non-hydrogen) atoms. The van der Waals surface area contributed by atoms with Gasteiger partial charge in [0, 0.05) is 11.8 Å². The number of anilines is 1. The van der Waals surface area contributed by atoms with Gasteiger partial charge in [-0.15, -0.1) is 0 Å². The van der Waals surface area contributed by atoms with Gasteiger partial charge in [-0.25, -0.2) is 9.18 Å². The first-order valence-electron chi connectivity index (χ1n) is 7.37. The number of amides is 1. The van der Waals surface area contributed by atoms with Crippen LogP contribution in [-0.4, -0.2) is 24.6 Å². The van der Waals surface area contributed by atoms with Gasteiger partial charge in [-0.05, 0) is 37.3 Å². The van der Waals surface area contributed by atoms with E-state index in [2.05, 4.69) is 5.32 Å². The highest BCUT2D eigenvalue weighted by Crippen LogP contribution is 2.13. The zero-order chi connectivity index (χ0) is 18.2. The Morgan fingerprint density at radius 1 is 1.24 bits per heavy atom. The van der Waals surface area contributed by atoms with Crippen molar-refractivity contribution in [2.45, 2.75) is 13.0 Å². The van der Waals surface area contributed by atoms with Gasteiger partial charge < -0.3 is 14.8 Å². The standard InChI is InChI=1S/C18H15FN2O4/c1-12(18(23)21-15-6-2-4-13(8-15)10-20)25-17(22)11-24-16-7-3-5-14(19)9-16/h2-9,12H,11H2,1H3,(H,21,23)/t12-/m1/s1. The van der Waals surface area contributed by atoms with E-state index in [0.29, 0.717) is 11.3 Å². The molecule has 2 aromatic carbocycles. The summed E-state index contributed by atoms with van der Waals surface area (Å²) in [6.45, 7) is 0.953. The molecule has 2 aromatic rings. The molecule has 0 saturated heterocycles. The van der Waals surface area contributed by atoms with E-state index in [9.17, 15) is 14.0 Å². The Hall–Kier alpha value is -3.40. The van der Waals surface area contributed by atoms with Crippen molar-refractivity contribution in [2.75, 3.05) is 11.9 Å². The molecule has 2 rings (SSSR count). The molecule has 0 radical (unpaired) electrons. The van der Waals surface area contributed by atoms with Gasteiger partial charge >= 0.3 is 5.97 Å². The van der Waals surface area contributed by atoms with E-state index >= 15 is 0 Å². The molecule has 0 fully saturated rings. The van der Waals surface area contributed by atoms with Gasteiger partial charge in [0.25, 0.3) is 5.91 Å². The van der Waals surface area contributed by atoms with Crippen LogP contribution in [-0.2, 0) is 14.3 Å². The normalized spacial score (nSPS) is 11.1. The lowest BCUT2D eigenvalue weighted by atomic mass is 10.2. The van der Waals surface area contributed by atoms with Gasteiger partial charge in [0.15, 0.2) is 12.7 Å². The summed E-state index contributed by atoms with van der Waals surface area (Å²) in [5.41, 5.74) is 0.814. The van der Waals surface area contributed by atoms with Gasteiger partial charge in [-0.3, -0.25) is 4.79 Å². The highest BCUT2D eigenvalue weighted by Gasteiger charge is 2.18. The molecule has 0 saturated carbocycles. The molecular formula is C18H15FN2O4. The van der Waals surface area contributed by atoms with Gasteiger partial charge in [0.05, 0.1) is 11.6 Å². The van der Waals surface area contributed by atoms with E-state index in [1.807, 2.05) is 6.07 Å². The Balaban J connectivity index is 1.83. The summed E-state index contributed by atoms with van der Waals surface area (Å²) in [6.07, 6.45) is -1.06. The lowest BCUT2D eigenvalue weighted by molar-refractivity contribution is -0.155. The summed E-state index contributed by atoms with van der Waals surface area (Å²) in [4.78, 5) is 23.7. The molecule has 1 amide bonds. The summed E-state index contributed by atoms with van der Waals surface area (Å²) >= 11 is 0. The minimum Gasteiger partial charge on any atom is -0.482 e. The second-order valence-electron chi connectivity index (χ2n) is 5.06. The number of nitrogens with zero attached hydrogens (tertiary/aromatic N) is 1. The maximum Gasteiger partial charge on any atom is 0.344 e. The molecule has 7 heteroatoms. The molecule has 0 bridgehead atoms. The SMILES string of the molecule is C[C@@H](OC(=O)COc1cccc(F)c1)C(=O)Nc1cccc(C#N)c1. The van der Waals surface area contributed by atoms with Crippen molar-refractivity contribution < 1.29 is 23.5 Å². The molecule has 0 spiro atoms. The summed E-state index contributed by atoms with van der Waals surface area (Å²) in [5.74, 6) is -1.62. The molecule has 0 aliphatic rings. The first kappa shape index (κ1) is 17.9. The quantitative estimate of drug-likeness (QED) is 0.815.